The van der Waals surface area contributed by atoms with E-state index in [9.17, 15) is 19.8 Å². The highest BCUT2D eigenvalue weighted by molar-refractivity contribution is 6.02. The van der Waals surface area contributed by atoms with Gasteiger partial charge < -0.3 is 19.6 Å². The van der Waals surface area contributed by atoms with Crippen molar-refractivity contribution >= 4 is 22.8 Å². The Bertz CT molecular complexity index is 982. The molecule has 0 bridgehead atoms. The van der Waals surface area contributed by atoms with Crippen LogP contribution in [0.5, 0.6) is 0 Å². The fourth-order valence-corrected chi connectivity index (χ4v) is 3.31. The van der Waals surface area contributed by atoms with Crippen molar-refractivity contribution in [3.63, 3.8) is 0 Å². The van der Waals surface area contributed by atoms with Gasteiger partial charge in [-0.05, 0) is 18.2 Å². The summed E-state index contributed by atoms with van der Waals surface area (Å²) in [5.41, 5.74) is 1.77. The maximum atomic E-state index is 12.8. The quantitative estimate of drug-likeness (QED) is 0.748. The van der Waals surface area contributed by atoms with Crippen LogP contribution in [0.3, 0.4) is 0 Å². The van der Waals surface area contributed by atoms with E-state index in [1.165, 1.54) is 4.90 Å². The third-order valence-electron chi connectivity index (χ3n) is 4.58. The van der Waals surface area contributed by atoms with Crippen molar-refractivity contribution in [3.05, 3.63) is 54.1 Å². The lowest BCUT2D eigenvalue weighted by Gasteiger charge is -2.21. The van der Waals surface area contributed by atoms with Crippen LogP contribution in [0, 0.1) is 0 Å². The zero-order valence-corrected chi connectivity index (χ0v) is 13.7. The van der Waals surface area contributed by atoms with Crippen molar-refractivity contribution in [2.45, 2.75) is 18.6 Å². The number of aliphatic carboxylic acids is 1. The van der Waals surface area contributed by atoms with Gasteiger partial charge in [0.2, 0.25) is 0 Å². The van der Waals surface area contributed by atoms with Crippen LogP contribution in [0.25, 0.3) is 22.2 Å². The number of benzene rings is 2. The summed E-state index contributed by atoms with van der Waals surface area (Å²) in [7, 11) is 0. The molecule has 4 rings (SSSR count). The summed E-state index contributed by atoms with van der Waals surface area (Å²) in [6.07, 6.45) is -0.800. The van der Waals surface area contributed by atoms with E-state index in [4.69, 9.17) is 4.52 Å². The monoisotopic (exact) mass is 352 g/mol. The molecule has 0 radical (unpaired) electrons. The summed E-state index contributed by atoms with van der Waals surface area (Å²) in [5, 5.41) is 23.8. The molecule has 0 unspecified atom stereocenters. The molecular weight excluding hydrogens is 336 g/mol. The zero-order valence-electron chi connectivity index (χ0n) is 13.7. The van der Waals surface area contributed by atoms with E-state index in [2.05, 4.69) is 5.16 Å². The number of fused-ring (bicyclic) bond motifs is 1. The topological polar surface area (TPSA) is 104 Å². The van der Waals surface area contributed by atoms with Crippen LogP contribution < -0.4 is 0 Å². The molecule has 1 aliphatic rings. The van der Waals surface area contributed by atoms with Gasteiger partial charge in [-0.3, -0.25) is 4.79 Å². The fraction of sp³-hybridized carbons (Fsp3) is 0.211. The number of carboxylic acids is 1. The van der Waals surface area contributed by atoms with Gasteiger partial charge in [-0.15, -0.1) is 0 Å². The standard InChI is InChI=1S/C19H16N2O5/c22-13-9-16(19(24)25)21(10-13)18(23)12-6-7-15-14(8-12)17(26-20-15)11-4-2-1-3-5-11/h1-8,13,16,22H,9-10H2,(H,24,25)/t13-,16-/m0/s1. The SMILES string of the molecule is O=C(O)[C@@H]1C[C@H](O)CN1C(=O)c1ccc2noc(-c3ccccc3)c2c1. The molecule has 0 aliphatic carbocycles. The van der Waals surface area contributed by atoms with E-state index in [1.54, 1.807) is 18.2 Å². The summed E-state index contributed by atoms with van der Waals surface area (Å²) >= 11 is 0. The largest absolute Gasteiger partial charge is 0.480 e. The molecule has 1 amide bonds. The number of aliphatic hydroxyl groups is 1. The molecule has 2 heterocycles. The Kier molecular flexibility index (Phi) is 3.93. The Balaban J connectivity index is 1.73. The lowest BCUT2D eigenvalue weighted by molar-refractivity contribution is -0.141. The second kappa shape index (κ2) is 6.27. The first-order valence-corrected chi connectivity index (χ1v) is 8.21. The molecule has 26 heavy (non-hydrogen) atoms. The number of hydrogen-bond donors (Lipinski definition) is 2. The van der Waals surface area contributed by atoms with Crippen LogP contribution in [-0.4, -0.2) is 50.8 Å². The van der Waals surface area contributed by atoms with Crippen LogP contribution in [0.1, 0.15) is 16.8 Å². The molecule has 2 aromatic carbocycles. The highest BCUT2D eigenvalue weighted by atomic mass is 16.5. The Morgan fingerprint density at radius 3 is 2.65 bits per heavy atom. The van der Waals surface area contributed by atoms with Crippen LogP contribution in [0.2, 0.25) is 0 Å². The molecule has 7 heteroatoms. The Hall–Kier alpha value is -3.19. The molecule has 1 aliphatic heterocycles. The third kappa shape index (κ3) is 2.72. The molecule has 1 saturated heterocycles. The fourth-order valence-electron chi connectivity index (χ4n) is 3.31. The van der Waals surface area contributed by atoms with Gasteiger partial charge in [0.15, 0.2) is 5.76 Å². The van der Waals surface area contributed by atoms with Crippen LogP contribution in [0.4, 0.5) is 0 Å². The lowest BCUT2D eigenvalue weighted by atomic mass is 10.1. The lowest BCUT2D eigenvalue weighted by Crippen LogP contribution is -2.40. The number of carbonyl (C=O) groups is 2. The molecule has 2 N–H and O–H groups in total. The molecule has 2 atom stereocenters. The van der Waals surface area contributed by atoms with Crippen molar-refractivity contribution in [2.75, 3.05) is 6.54 Å². The molecule has 1 fully saturated rings. The first kappa shape index (κ1) is 16.3. The van der Waals surface area contributed by atoms with Crippen molar-refractivity contribution in [3.8, 4) is 11.3 Å². The minimum absolute atomic E-state index is 0.00299. The van der Waals surface area contributed by atoms with Gasteiger partial charge in [-0.2, -0.15) is 0 Å². The maximum absolute atomic E-state index is 12.8. The number of aliphatic hydroxyl groups excluding tert-OH is 1. The van der Waals surface area contributed by atoms with Gasteiger partial charge in [0.05, 0.1) is 11.5 Å². The molecular formula is C19H16N2O5. The van der Waals surface area contributed by atoms with E-state index >= 15 is 0 Å². The van der Waals surface area contributed by atoms with Crippen molar-refractivity contribution in [1.29, 1.82) is 0 Å². The summed E-state index contributed by atoms with van der Waals surface area (Å²) in [6.45, 7) is 0.00299. The van der Waals surface area contributed by atoms with Crippen LogP contribution in [-0.2, 0) is 4.79 Å². The minimum Gasteiger partial charge on any atom is -0.480 e. The number of carboxylic acid groups (broad SMARTS) is 1. The van der Waals surface area contributed by atoms with E-state index in [0.29, 0.717) is 22.2 Å². The highest BCUT2D eigenvalue weighted by Crippen LogP contribution is 2.30. The average Bonchev–Trinajstić information content (AvgIpc) is 3.25. The molecule has 1 aromatic heterocycles. The normalized spacial score (nSPS) is 19.8. The first-order chi connectivity index (χ1) is 12.5. The number of nitrogens with zero attached hydrogens (tertiary/aromatic N) is 2. The summed E-state index contributed by atoms with van der Waals surface area (Å²) in [4.78, 5) is 25.4. The van der Waals surface area contributed by atoms with Crippen molar-refractivity contribution in [1.82, 2.24) is 10.1 Å². The van der Waals surface area contributed by atoms with E-state index in [0.717, 1.165) is 5.56 Å². The number of β-amino-alcohol motifs (C(OH)–C–C–N with tert-alkyl or cyclic N) is 1. The van der Waals surface area contributed by atoms with E-state index in [-0.39, 0.29) is 13.0 Å². The van der Waals surface area contributed by atoms with Crippen LogP contribution >= 0.6 is 0 Å². The number of carbonyl (C=O) groups excluding carboxylic acids is 1. The molecule has 132 valence electrons. The summed E-state index contributed by atoms with van der Waals surface area (Å²) < 4.78 is 5.43. The maximum Gasteiger partial charge on any atom is 0.326 e. The number of rotatable bonds is 3. The average molecular weight is 352 g/mol. The first-order valence-electron chi connectivity index (χ1n) is 8.21. The second-order valence-electron chi connectivity index (χ2n) is 6.31. The molecule has 0 saturated carbocycles. The minimum atomic E-state index is -1.12. The Morgan fingerprint density at radius 2 is 1.92 bits per heavy atom. The number of aromatic nitrogens is 1. The predicted octanol–water partition coefficient (Wildman–Crippen LogP) is 2.15. The van der Waals surface area contributed by atoms with Crippen LogP contribution in [0.15, 0.2) is 53.1 Å². The Labute approximate surface area is 148 Å². The highest BCUT2D eigenvalue weighted by Gasteiger charge is 2.39. The number of amides is 1. The number of likely N-dealkylation sites (tertiary alicyclic amines) is 1. The van der Waals surface area contributed by atoms with Gasteiger partial charge in [0.1, 0.15) is 11.6 Å². The molecule has 7 nitrogen and oxygen atoms in total. The van der Waals surface area contributed by atoms with E-state index in [1.807, 2.05) is 30.3 Å². The van der Waals surface area contributed by atoms with Gasteiger partial charge in [0, 0.05) is 24.1 Å². The van der Waals surface area contributed by atoms with Gasteiger partial charge >= 0.3 is 5.97 Å². The molecule has 3 aromatic rings. The molecule has 0 spiro atoms. The smallest absolute Gasteiger partial charge is 0.326 e. The zero-order chi connectivity index (χ0) is 18.3. The second-order valence-corrected chi connectivity index (χ2v) is 6.31. The van der Waals surface area contributed by atoms with Gasteiger partial charge in [0.25, 0.3) is 5.91 Å². The van der Waals surface area contributed by atoms with Gasteiger partial charge in [-0.25, -0.2) is 4.79 Å². The Morgan fingerprint density at radius 1 is 1.15 bits per heavy atom. The van der Waals surface area contributed by atoms with Gasteiger partial charge in [-0.1, -0.05) is 35.5 Å². The van der Waals surface area contributed by atoms with E-state index < -0.39 is 24.0 Å². The summed E-state index contributed by atoms with van der Waals surface area (Å²) in [6, 6.07) is 13.3. The predicted molar refractivity (Wildman–Crippen MR) is 92.5 cm³/mol. The van der Waals surface area contributed by atoms with Crippen molar-refractivity contribution in [2.24, 2.45) is 0 Å². The third-order valence-corrected chi connectivity index (χ3v) is 4.58. The summed E-state index contributed by atoms with van der Waals surface area (Å²) in [5.74, 6) is -1.01. The number of hydrogen-bond acceptors (Lipinski definition) is 5. The van der Waals surface area contributed by atoms with Crippen molar-refractivity contribution < 1.29 is 24.3 Å².